The molecule has 0 aliphatic heterocycles. The van der Waals surface area contributed by atoms with Crippen LogP contribution in [-0.2, 0) is 0 Å². The molecule has 0 aliphatic rings. The van der Waals surface area contributed by atoms with Gasteiger partial charge in [0.1, 0.15) is 11.5 Å². The van der Waals surface area contributed by atoms with Crippen LogP contribution in [0.3, 0.4) is 0 Å². The second-order valence-electron chi connectivity index (χ2n) is 4.12. The molecule has 0 heterocycles. The number of benzene rings is 2. The summed E-state index contributed by atoms with van der Waals surface area (Å²) in [5, 5.41) is 13.3. The molecule has 2 rings (SSSR count). The lowest BCUT2D eigenvalue weighted by atomic mass is 10.2. The number of urea groups is 1. The van der Waals surface area contributed by atoms with Crippen molar-refractivity contribution in [2.75, 3.05) is 16.4 Å². The first kappa shape index (κ1) is 14.3. The molecule has 7 heteroatoms. The van der Waals surface area contributed by atoms with Crippen LogP contribution < -0.4 is 16.4 Å². The molecule has 0 aromatic heterocycles. The molecule has 2 aromatic rings. The topological polar surface area (TPSA) is 90.9 Å². The second kappa shape index (κ2) is 5.88. The molecule has 0 saturated heterocycles. The summed E-state index contributed by atoms with van der Waals surface area (Å²) in [6, 6.07) is 8.79. The van der Waals surface area contributed by atoms with E-state index in [-0.39, 0.29) is 11.4 Å². The molecule has 0 fully saturated rings. The van der Waals surface area contributed by atoms with Crippen LogP contribution in [0.2, 0.25) is 0 Å². The third kappa shape index (κ3) is 3.45. The zero-order valence-corrected chi connectivity index (χ0v) is 10.7. The minimum atomic E-state index is -0.970. The summed E-state index contributed by atoms with van der Waals surface area (Å²) in [5.41, 5.74) is 5.77. The van der Waals surface area contributed by atoms with Crippen LogP contribution in [0.5, 0.6) is 0 Å². The molecule has 0 atom stereocenters. The molecule has 21 heavy (non-hydrogen) atoms. The molecule has 0 unspecified atom stereocenters. The highest BCUT2D eigenvalue weighted by Gasteiger charge is 2.12. The van der Waals surface area contributed by atoms with E-state index in [4.69, 9.17) is 11.0 Å². The first-order chi connectivity index (χ1) is 9.99. The first-order valence-corrected chi connectivity index (χ1v) is 5.82. The minimum absolute atomic E-state index is 0.220. The lowest BCUT2D eigenvalue weighted by molar-refractivity contribution is 0.262. The number of amides is 2. The summed E-state index contributed by atoms with van der Waals surface area (Å²) in [5.74, 6) is -1.80. The van der Waals surface area contributed by atoms with Crippen LogP contribution in [0.1, 0.15) is 5.56 Å². The maximum Gasteiger partial charge on any atom is 0.323 e. The first-order valence-electron chi connectivity index (χ1n) is 5.82. The highest BCUT2D eigenvalue weighted by Crippen LogP contribution is 2.24. The molecular weight excluding hydrogens is 278 g/mol. The number of hydrogen-bond acceptors (Lipinski definition) is 3. The van der Waals surface area contributed by atoms with Gasteiger partial charge in [0.25, 0.3) is 0 Å². The smallest absolute Gasteiger partial charge is 0.323 e. The molecule has 0 bridgehead atoms. The van der Waals surface area contributed by atoms with E-state index in [0.29, 0.717) is 17.3 Å². The van der Waals surface area contributed by atoms with Gasteiger partial charge in [-0.15, -0.1) is 0 Å². The third-order valence-corrected chi connectivity index (χ3v) is 2.60. The zero-order chi connectivity index (χ0) is 15.4. The van der Waals surface area contributed by atoms with Crippen molar-refractivity contribution in [3.05, 3.63) is 53.6 Å². The number of nitrogens with one attached hydrogen (secondary N) is 2. The van der Waals surface area contributed by atoms with Crippen LogP contribution in [0.15, 0.2) is 36.4 Å². The quantitative estimate of drug-likeness (QED) is 0.742. The maximum absolute atomic E-state index is 13.5. The minimum Gasteiger partial charge on any atom is -0.397 e. The van der Waals surface area contributed by atoms with E-state index in [9.17, 15) is 13.6 Å². The average molecular weight is 288 g/mol. The van der Waals surface area contributed by atoms with Gasteiger partial charge in [0.2, 0.25) is 0 Å². The van der Waals surface area contributed by atoms with Crippen LogP contribution in [0, 0.1) is 23.0 Å². The highest BCUT2D eigenvalue weighted by atomic mass is 19.1. The number of rotatable bonds is 2. The van der Waals surface area contributed by atoms with Gasteiger partial charge in [-0.1, -0.05) is 0 Å². The Kier molecular flexibility index (Phi) is 4.00. The lowest BCUT2D eigenvalue weighted by Crippen LogP contribution is -2.21. The second-order valence-corrected chi connectivity index (χ2v) is 4.12. The fraction of sp³-hybridized carbons (Fsp3) is 0. The monoisotopic (exact) mass is 288 g/mol. The normalized spacial score (nSPS) is 9.76. The number of nitrogens with zero attached hydrogens (tertiary/aromatic N) is 1. The fourth-order valence-electron chi connectivity index (χ4n) is 1.63. The van der Waals surface area contributed by atoms with Gasteiger partial charge in [0.15, 0.2) is 5.82 Å². The molecule has 0 saturated carbocycles. The van der Waals surface area contributed by atoms with Gasteiger partial charge in [-0.25, -0.2) is 13.6 Å². The summed E-state index contributed by atoms with van der Waals surface area (Å²) < 4.78 is 26.4. The summed E-state index contributed by atoms with van der Waals surface area (Å²) in [6.07, 6.45) is 0. The third-order valence-electron chi connectivity index (χ3n) is 2.60. The van der Waals surface area contributed by atoms with Crippen LogP contribution in [0.4, 0.5) is 30.6 Å². The predicted molar refractivity (Wildman–Crippen MR) is 74.6 cm³/mol. The lowest BCUT2D eigenvalue weighted by Gasteiger charge is -2.10. The van der Waals surface area contributed by atoms with Gasteiger partial charge in [-0.2, -0.15) is 5.26 Å². The van der Waals surface area contributed by atoms with Crippen LogP contribution in [0.25, 0.3) is 0 Å². The van der Waals surface area contributed by atoms with Gasteiger partial charge >= 0.3 is 6.03 Å². The van der Waals surface area contributed by atoms with E-state index >= 15 is 0 Å². The van der Waals surface area contributed by atoms with Gasteiger partial charge in [-0.3, -0.25) is 0 Å². The van der Waals surface area contributed by atoms with Crippen molar-refractivity contribution < 1.29 is 13.6 Å². The number of carbonyl (C=O) groups excluding carboxylic acids is 1. The summed E-state index contributed by atoms with van der Waals surface area (Å²) in [7, 11) is 0. The van der Waals surface area contributed by atoms with E-state index in [2.05, 4.69) is 10.6 Å². The Morgan fingerprint density at radius 1 is 1.14 bits per heavy atom. The van der Waals surface area contributed by atoms with Crippen LogP contribution in [-0.4, -0.2) is 6.03 Å². The number of carbonyl (C=O) groups is 1. The van der Waals surface area contributed by atoms with E-state index in [1.165, 1.54) is 24.3 Å². The van der Waals surface area contributed by atoms with E-state index in [1.54, 1.807) is 0 Å². The number of hydrogen-bond donors (Lipinski definition) is 3. The van der Waals surface area contributed by atoms with Crippen molar-refractivity contribution in [3.8, 4) is 6.07 Å². The Hall–Kier alpha value is -3.14. The van der Waals surface area contributed by atoms with Crippen molar-refractivity contribution in [3.63, 3.8) is 0 Å². The summed E-state index contributed by atoms with van der Waals surface area (Å²) >= 11 is 0. The Balaban J connectivity index is 2.10. The molecular formula is C14H10F2N4O. The predicted octanol–water partition coefficient (Wildman–Crippen LogP) is 3.06. The van der Waals surface area contributed by atoms with Gasteiger partial charge in [0.05, 0.1) is 17.3 Å². The van der Waals surface area contributed by atoms with Crippen LogP contribution >= 0.6 is 0 Å². The van der Waals surface area contributed by atoms with E-state index in [0.717, 1.165) is 6.07 Å². The number of nitrogen functional groups attached to an aromatic ring is 1. The van der Waals surface area contributed by atoms with Gasteiger partial charge in [-0.05, 0) is 30.3 Å². The maximum atomic E-state index is 13.5. The Morgan fingerprint density at radius 3 is 2.38 bits per heavy atom. The van der Waals surface area contributed by atoms with E-state index < -0.39 is 17.7 Å². The van der Waals surface area contributed by atoms with Crippen molar-refractivity contribution >= 4 is 23.1 Å². The van der Waals surface area contributed by atoms with Gasteiger partial charge in [0, 0.05) is 11.8 Å². The highest BCUT2D eigenvalue weighted by molar-refractivity contribution is 6.01. The SMILES string of the molecule is N#Cc1ccc(NC(=O)Nc2c(N)cc(F)cc2F)cc1. The molecule has 106 valence electrons. The largest absolute Gasteiger partial charge is 0.397 e. The molecule has 4 N–H and O–H groups in total. The average Bonchev–Trinajstić information content (AvgIpc) is 2.43. The number of halogens is 2. The summed E-state index contributed by atoms with van der Waals surface area (Å²) in [6.45, 7) is 0. The Morgan fingerprint density at radius 2 is 1.81 bits per heavy atom. The molecule has 0 aliphatic carbocycles. The number of nitriles is 1. The van der Waals surface area contributed by atoms with Crippen molar-refractivity contribution in [1.82, 2.24) is 0 Å². The Bertz CT molecular complexity index is 700. The van der Waals surface area contributed by atoms with E-state index in [1.807, 2.05) is 6.07 Å². The molecule has 2 amide bonds. The standard InChI is InChI=1S/C14H10F2N4O/c15-9-5-11(16)13(12(18)6-9)20-14(21)19-10-3-1-8(7-17)2-4-10/h1-6H,18H2,(H2,19,20,21). The molecule has 0 spiro atoms. The van der Waals surface area contributed by atoms with Crippen molar-refractivity contribution in [2.24, 2.45) is 0 Å². The van der Waals surface area contributed by atoms with Crippen molar-refractivity contribution in [2.45, 2.75) is 0 Å². The Labute approximate surface area is 119 Å². The van der Waals surface area contributed by atoms with Gasteiger partial charge < -0.3 is 16.4 Å². The fourth-order valence-corrected chi connectivity index (χ4v) is 1.63. The number of anilines is 3. The molecule has 2 aromatic carbocycles. The van der Waals surface area contributed by atoms with Crippen molar-refractivity contribution in [1.29, 1.82) is 5.26 Å². The molecule has 5 nitrogen and oxygen atoms in total. The number of nitrogens with two attached hydrogens (primary N) is 1. The zero-order valence-electron chi connectivity index (χ0n) is 10.7. The summed E-state index contributed by atoms with van der Waals surface area (Å²) in [4.78, 5) is 11.7. The molecule has 0 radical (unpaired) electrons.